The summed E-state index contributed by atoms with van der Waals surface area (Å²) in [5, 5.41) is 35.1. The minimum atomic E-state index is -1.37. The van der Waals surface area contributed by atoms with Crippen molar-refractivity contribution in [2.24, 2.45) is 33.5 Å². The van der Waals surface area contributed by atoms with Crippen molar-refractivity contribution in [3.05, 3.63) is 51.5 Å². The maximum absolute atomic E-state index is 14.0. The molecule has 47 heavy (non-hydrogen) atoms. The molecule has 1 aromatic carbocycles. The Kier molecular flexibility index (Phi) is 9.71. The van der Waals surface area contributed by atoms with Crippen LogP contribution >= 0.6 is 0 Å². The summed E-state index contributed by atoms with van der Waals surface area (Å²) in [6, 6.07) is 0. The lowest BCUT2D eigenvalue weighted by Gasteiger charge is -2.46. The highest BCUT2D eigenvalue weighted by molar-refractivity contribution is 6.20. The van der Waals surface area contributed by atoms with E-state index in [2.05, 4.69) is 20.4 Å². The summed E-state index contributed by atoms with van der Waals surface area (Å²) >= 11 is 0. The Bertz CT molecular complexity index is 1640. The van der Waals surface area contributed by atoms with Gasteiger partial charge < -0.3 is 20.1 Å². The van der Waals surface area contributed by atoms with Gasteiger partial charge in [-0.3, -0.25) is 19.2 Å². The molecule has 0 saturated carbocycles. The van der Waals surface area contributed by atoms with Gasteiger partial charge in [0.1, 0.15) is 34.3 Å². The lowest BCUT2D eigenvalue weighted by Crippen LogP contribution is -2.52. The Balaban J connectivity index is 0.00000192. The predicted molar refractivity (Wildman–Crippen MR) is 183 cm³/mol. The zero-order valence-electron chi connectivity index (χ0n) is 30.7. The van der Waals surface area contributed by atoms with Gasteiger partial charge in [0, 0.05) is 51.4 Å². The van der Waals surface area contributed by atoms with Gasteiger partial charge in [0.2, 0.25) is 0 Å². The molecule has 0 spiro atoms. The van der Waals surface area contributed by atoms with Gasteiger partial charge in [-0.05, 0) is 61.3 Å². The Morgan fingerprint density at radius 2 is 1.32 bits per heavy atom. The molecule has 0 aromatic heterocycles. The normalized spacial score (nSPS) is 22.5. The highest BCUT2D eigenvalue weighted by Crippen LogP contribution is 2.60. The molecule has 1 heterocycles. The van der Waals surface area contributed by atoms with Gasteiger partial charge >= 0.3 is 0 Å². The number of aliphatic hydroxyl groups is 1. The molecule has 0 radical (unpaired) electrons. The summed E-state index contributed by atoms with van der Waals surface area (Å²) < 4.78 is 6.35. The third-order valence-electron chi connectivity index (χ3n) is 10.1. The minimum Gasteiger partial charge on any atom is -0.511 e. The zero-order chi connectivity index (χ0) is 36.5. The number of phenolic OH excluding ortho intramolecular Hbond substituents is 2. The van der Waals surface area contributed by atoms with Crippen LogP contribution in [0.5, 0.6) is 17.2 Å². The van der Waals surface area contributed by atoms with Crippen LogP contribution in [-0.2, 0) is 20.8 Å². The Morgan fingerprint density at radius 3 is 1.79 bits per heavy atom. The van der Waals surface area contributed by atoms with E-state index in [1.165, 1.54) is 6.42 Å². The summed E-state index contributed by atoms with van der Waals surface area (Å²) in [5.74, 6) is -4.64. The monoisotopic (exact) mass is 650 g/mol. The summed E-state index contributed by atoms with van der Waals surface area (Å²) in [4.78, 5) is 55.1. The molecular formula is C39H54O8. The summed E-state index contributed by atoms with van der Waals surface area (Å²) in [7, 11) is 0. The van der Waals surface area contributed by atoms with Crippen LogP contribution in [0.15, 0.2) is 34.8 Å². The lowest BCUT2D eigenvalue weighted by molar-refractivity contribution is -0.144. The number of ketones is 4. The number of rotatable bonds is 5. The second-order valence-electron chi connectivity index (χ2n) is 16.1. The van der Waals surface area contributed by atoms with Gasteiger partial charge in [0.25, 0.3) is 0 Å². The van der Waals surface area contributed by atoms with E-state index in [0.29, 0.717) is 5.57 Å². The third-order valence-corrected chi connectivity index (χ3v) is 10.1. The van der Waals surface area contributed by atoms with Crippen LogP contribution in [0.25, 0.3) is 0 Å². The van der Waals surface area contributed by atoms with Gasteiger partial charge in [-0.15, -0.1) is 0 Å². The molecule has 3 N–H and O–H groups in total. The van der Waals surface area contributed by atoms with Crippen molar-refractivity contribution in [1.82, 2.24) is 0 Å². The van der Waals surface area contributed by atoms with Crippen molar-refractivity contribution >= 4 is 23.1 Å². The van der Waals surface area contributed by atoms with Crippen molar-refractivity contribution in [2.45, 2.75) is 116 Å². The fourth-order valence-corrected chi connectivity index (χ4v) is 7.26. The number of Topliss-reactive ketones (excluding diaryl/α,β-unsaturated/α-hetero) is 4. The number of aliphatic hydroxyl groups excluding tert-OH is 1. The molecule has 1 aliphatic heterocycles. The number of aromatic hydroxyl groups is 2. The van der Waals surface area contributed by atoms with E-state index in [-0.39, 0.29) is 63.2 Å². The van der Waals surface area contributed by atoms with Gasteiger partial charge in [-0.1, -0.05) is 60.1 Å². The van der Waals surface area contributed by atoms with Crippen LogP contribution in [0.2, 0.25) is 0 Å². The average Bonchev–Trinajstić information content (AvgIpc) is 2.97. The maximum atomic E-state index is 14.0. The molecule has 8 nitrogen and oxygen atoms in total. The minimum absolute atomic E-state index is 0.0137. The summed E-state index contributed by atoms with van der Waals surface area (Å²) in [5.41, 5.74) is -4.09. The number of phenols is 2. The first-order valence-corrected chi connectivity index (χ1v) is 16.6. The van der Waals surface area contributed by atoms with Gasteiger partial charge in [-0.25, -0.2) is 0 Å². The smallest absolute Gasteiger partial charge is 0.175 e. The van der Waals surface area contributed by atoms with Crippen LogP contribution in [0, 0.1) is 33.5 Å². The van der Waals surface area contributed by atoms with E-state index in [1.807, 2.05) is 13.8 Å². The summed E-state index contributed by atoms with van der Waals surface area (Å²) in [6.07, 6.45) is 0.869. The maximum Gasteiger partial charge on any atom is 0.175 e. The molecule has 1 atom stereocenters. The van der Waals surface area contributed by atoms with Crippen LogP contribution in [-0.4, -0.2) is 38.5 Å². The summed E-state index contributed by atoms with van der Waals surface area (Å²) in [6.45, 7) is 28.8. The third kappa shape index (κ3) is 5.45. The predicted octanol–water partition coefficient (Wildman–Crippen LogP) is 8.49. The first-order chi connectivity index (χ1) is 21.3. The molecule has 0 saturated heterocycles. The molecule has 0 fully saturated rings. The van der Waals surface area contributed by atoms with E-state index >= 15 is 0 Å². The Morgan fingerprint density at radius 1 is 0.809 bits per heavy atom. The number of hydrogen-bond donors (Lipinski definition) is 3. The Labute approximate surface area is 280 Å². The second-order valence-corrected chi connectivity index (χ2v) is 16.1. The molecule has 2 aliphatic carbocycles. The van der Waals surface area contributed by atoms with Gasteiger partial charge in [-0.2, -0.15) is 0 Å². The number of carbonyl (C=O) groups excluding carboxylic acids is 4. The van der Waals surface area contributed by atoms with E-state index < -0.39 is 62.3 Å². The fraction of sp³-hybridized carbons (Fsp3) is 0.590. The second kappa shape index (κ2) is 12.1. The quantitative estimate of drug-likeness (QED) is 0.164. The van der Waals surface area contributed by atoms with Crippen molar-refractivity contribution in [3.8, 4) is 17.2 Å². The molecule has 1 unspecified atom stereocenters. The number of allylic oxidation sites excluding steroid dienone is 4. The highest BCUT2D eigenvalue weighted by Gasteiger charge is 2.58. The lowest BCUT2D eigenvalue weighted by atomic mass is 9.59. The first kappa shape index (κ1) is 37.8. The van der Waals surface area contributed by atoms with Crippen LogP contribution in [0.3, 0.4) is 0 Å². The largest absolute Gasteiger partial charge is 0.511 e. The standard InChI is InChI=1S/C36H46O8.C3H8/c1-15(2)20-21-25(38)18(14-19-28(40)33(6,7)17(5)34(8,9)29(19)41)26(39)23(24(37)16(3)4)27(21)44-31-22(20)30(42)35(10,11)32(43)36(31,12)13;1-3-2/h15-16,20,38-40H,5,14H2,1-4,6-13H3;3H2,1-2H3. The van der Waals surface area contributed by atoms with Gasteiger partial charge in [0.15, 0.2) is 23.1 Å². The van der Waals surface area contributed by atoms with E-state index in [4.69, 9.17) is 4.74 Å². The number of carbonyl (C=O) groups is 4. The van der Waals surface area contributed by atoms with Crippen molar-refractivity contribution in [1.29, 1.82) is 0 Å². The molecular weight excluding hydrogens is 596 g/mol. The number of hydrogen-bond acceptors (Lipinski definition) is 8. The molecule has 1 aromatic rings. The molecule has 8 heteroatoms. The molecule has 258 valence electrons. The average molecular weight is 651 g/mol. The van der Waals surface area contributed by atoms with E-state index in [1.54, 1.807) is 69.2 Å². The van der Waals surface area contributed by atoms with Crippen molar-refractivity contribution < 1.29 is 39.2 Å². The van der Waals surface area contributed by atoms with Crippen molar-refractivity contribution in [3.63, 3.8) is 0 Å². The first-order valence-electron chi connectivity index (χ1n) is 16.6. The highest BCUT2D eigenvalue weighted by atomic mass is 16.5. The van der Waals surface area contributed by atoms with Crippen LogP contribution < -0.4 is 4.74 Å². The van der Waals surface area contributed by atoms with Crippen molar-refractivity contribution in [2.75, 3.05) is 0 Å². The number of ether oxygens (including phenoxy) is 1. The van der Waals surface area contributed by atoms with Gasteiger partial charge in [0.05, 0.1) is 10.8 Å². The van der Waals surface area contributed by atoms with Crippen LogP contribution in [0.1, 0.15) is 131 Å². The molecule has 4 rings (SSSR count). The topological polar surface area (TPSA) is 138 Å². The molecule has 3 aliphatic rings. The number of benzene rings is 1. The van der Waals surface area contributed by atoms with Crippen LogP contribution in [0.4, 0.5) is 0 Å². The van der Waals surface area contributed by atoms with E-state index in [9.17, 15) is 34.5 Å². The molecule has 0 bridgehead atoms. The van der Waals surface area contributed by atoms with E-state index in [0.717, 1.165) is 0 Å². The number of fused-ring (bicyclic) bond motifs is 1. The SMILES string of the molecule is C=C1C(C)(C)C(=O)C(Cc2c(O)c(C(=O)C(C)C)c3c(c2O)C(C(C)C)C2=C(O3)C(C)(C)C(=O)C(C)(C)C2=O)=C(O)C1(C)C.CCC. The Hall–Kier alpha value is -3.68. The molecule has 0 amide bonds. The zero-order valence-corrected chi connectivity index (χ0v) is 30.7. The fourth-order valence-electron chi connectivity index (χ4n) is 7.26.